The second kappa shape index (κ2) is 4.94. The normalized spacial score (nSPS) is 19.9. The fraction of sp³-hybridized carbons (Fsp3) is 0.556. The van der Waals surface area contributed by atoms with Crippen LogP contribution in [0.15, 0.2) is 21.8 Å². The van der Waals surface area contributed by atoms with E-state index in [1.807, 2.05) is 0 Å². The van der Waals surface area contributed by atoms with E-state index in [0.29, 0.717) is 0 Å². The zero-order valence-electron chi connectivity index (χ0n) is 6.15. The van der Waals surface area contributed by atoms with Crippen molar-refractivity contribution in [2.24, 2.45) is 0 Å². The lowest BCUT2D eigenvalue weighted by Gasteiger charge is -2.11. The van der Waals surface area contributed by atoms with Crippen molar-refractivity contribution >= 4 is 22.6 Å². The van der Waals surface area contributed by atoms with Crippen LogP contribution >= 0.6 is 22.6 Å². The van der Waals surface area contributed by atoms with E-state index in [1.54, 1.807) is 5.57 Å². The molecule has 0 aromatic rings. The van der Waals surface area contributed by atoms with Gasteiger partial charge in [0, 0.05) is 0 Å². The quantitative estimate of drug-likeness (QED) is 0.618. The van der Waals surface area contributed by atoms with Crippen LogP contribution in [-0.2, 0) is 0 Å². The summed E-state index contributed by atoms with van der Waals surface area (Å²) in [5.74, 6) is 0. The third-order valence-corrected chi connectivity index (χ3v) is 2.32. The van der Waals surface area contributed by atoms with Crippen LogP contribution in [-0.4, -0.2) is 0 Å². The van der Waals surface area contributed by atoms with Gasteiger partial charge in [0.2, 0.25) is 0 Å². The molecule has 0 aromatic carbocycles. The maximum Gasteiger partial charge on any atom is -0.0234 e. The lowest BCUT2D eigenvalue weighted by Crippen LogP contribution is -1.92. The molecule has 1 heteroatoms. The molecule has 1 aliphatic carbocycles. The summed E-state index contributed by atoms with van der Waals surface area (Å²) in [7, 11) is 0. The molecule has 56 valence electrons. The maximum atomic E-state index is 2.27. The molecule has 0 nitrogen and oxygen atoms in total. The van der Waals surface area contributed by atoms with Crippen LogP contribution in [0.5, 0.6) is 0 Å². The third-order valence-electron chi connectivity index (χ3n) is 1.90. The van der Waals surface area contributed by atoms with Gasteiger partial charge in [0.1, 0.15) is 0 Å². The Morgan fingerprint density at radius 3 is 2.40 bits per heavy atom. The number of hydrogen-bond acceptors (Lipinski definition) is 0. The van der Waals surface area contributed by atoms with Crippen LogP contribution in [0.2, 0.25) is 0 Å². The minimum Gasteiger partial charge on any atom is -0.0702 e. The topological polar surface area (TPSA) is 0 Å². The number of hydrogen-bond donors (Lipinski definition) is 0. The molecule has 1 rings (SSSR count). The van der Waals surface area contributed by atoms with Crippen molar-refractivity contribution in [1.82, 2.24) is 0 Å². The molecule has 0 spiro atoms. The van der Waals surface area contributed by atoms with Crippen molar-refractivity contribution in [3.8, 4) is 0 Å². The van der Waals surface area contributed by atoms with Crippen LogP contribution in [0.4, 0.5) is 0 Å². The number of halogens is 1. The average molecular weight is 248 g/mol. The summed E-state index contributed by atoms with van der Waals surface area (Å²) in [6.07, 6.45) is 11.3. The Morgan fingerprint density at radius 2 is 1.80 bits per heavy atom. The van der Waals surface area contributed by atoms with Gasteiger partial charge in [-0.05, 0) is 29.8 Å². The zero-order chi connectivity index (χ0) is 7.23. The molecule has 10 heavy (non-hydrogen) atoms. The first-order valence-electron chi connectivity index (χ1n) is 3.88. The predicted octanol–water partition coefficient (Wildman–Crippen LogP) is 3.83. The lowest BCUT2D eigenvalue weighted by atomic mass is 9.95. The predicted molar refractivity (Wildman–Crippen MR) is 54.3 cm³/mol. The molecule has 0 bridgehead atoms. The van der Waals surface area contributed by atoms with Crippen molar-refractivity contribution in [1.29, 1.82) is 0 Å². The molecule has 1 aliphatic rings. The molecular weight excluding hydrogens is 235 g/mol. The van der Waals surface area contributed by atoms with Crippen molar-refractivity contribution in [3.63, 3.8) is 0 Å². The van der Waals surface area contributed by atoms with Crippen LogP contribution in [0.25, 0.3) is 0 Å². The van der Waals surface area contributed by atoms with Gasteiger partial charge in [0.05, 0.1) is 0 Å². The summed E-state index contributed by atoms with van der Waals surface area (Å²) in [5.41, 5.74) is 1.64. The molecule has 0 amide bonds. The number of allylic oxidation sites excluding steroid dienone is 3. The summed E-state index contributed by atoms with van der Waals surface area (Å²) in [6.45, 7) is 0. The molecule has 0 atom stereocenters. The minimum atomic E-state index is 1.33. The lowest BCUT2D eigenvalue weighted by molar-refractivity contribution is 0.599. The van der Waals surface area contributed by atoms with Gasteiger partial charge in [-0.2, -0.15) is 0 Å². The molecule has 0 radical (unpaired) electrons. The zero-order valence-corrected chi connectivity index (χ0v) is 8.30. The fourth-order valence-corrected chi connectivity index (χ4v) is 1.55. The van der Waals surface area contributed by atoms with Crippen molar-refractivity contribution in [3.05, 3.63) is 21.8 Å². The maximum absolute atomic E-state index is 2.27. The molecule has 0 saturated heterocycles. The Hall–Kier alpha value is 0.210. The van der Waals surface area contributed by atoms with Gasteiger partial charge >= 0.3 is 0 Å². The van der Waals surface area contributed by atoms with E-state index in [2.05, 4.69) is 38.8 Å². The van der Waals surface area contributed by atoms with Gasteiger partial charge in [-0.3, -0.25) is 0 Å². The second-order valence-electron chi connectivity index (χ2n) is 2.70. The minimum absolute atomic E-state index is 1.33. The summed E-state index contributed by atoms with van der Waals surface area (Å²) >= 11 is 2.26. The van der Waals surface area contributed by atoms with Crippen LogP contribution in [0.3, 0.4) is 0 Å². The largest absolute Gasteiger partial charge is 0.0702 e. The van der Waals surface area contributed by atoms with E-state index in [1.165, 1.54) is 32.1 Å². The second-order valence-corrected chi connectivity index (χ2v) is 3.42. The SMILES string of the molecule is I/C=C/C=C1CCCCC1. The molecule has 0 aliphatic heterocycles. The van der Waals surface area contributed by atoms with Crippen molar-refractivity contribution in [2.75, 3.05) is 0 Å². The van der Waals surface area contributed by atoms with Crippen LogP contribution < -0.4 is 0 Å². The van der Waals surface area contributed by atoms with Gasteiger partial charge in [-0.1, -0.05) is 46.7 Å². The molecule has 0 heterocycles. The van der Waals surface area contributed by atoms with Crippen LogP contribution in [0, 0.1) is 0 Å². The summed E-state index contributed by atoms with van der Waals surface area (Å²) in [4.78, 5) is 0. The van der Waals surface area contributed by atoms with E-state index in [-0.39, 0.29) is 0 Å². The molecule has 0 unspecified atom stereocenters. The van der Waals surface area contributed by atoms with E-state index in [0.717, 1.165) is 0 Å². The first kappa shape index (κ1) is 8.31. The van der Waals surface area contributed by atoms with Crippen molar-refractivity contribution < 1.29 is 0 Å². The highest BCUT2D eigenvalue weighted by Gasteiger charge is 2.02. The summed E-state index contributed by atoms with van der Waals surface area (Å²) < 4.78 is 2.07. The summed E-state index contributed by atoms with van der Waals surface area (Å²) in [5, 5.41) is 0. The third kappa shape index (κ3) is 2.86. The monoisotopic (exact) mass is 248 g/mol. The van der Waals surface area contributed by atoms with E-state index < -0.39 is 0 Å². The molecule has 0 N–H and O–H groups in total. The fourth-order valence-electron chi connectivity index (χ4n) is 1.35. The Kier molecular flexibility index (Phi) is 4.10. The average Bonchev–Trinajstić information content (AvgIpc) is 2.03. The first-order chi connectivity index (χ1) is 4.93. The van der Waals surface area contributed by atoms with E-state index in [9.17, 15) is 0 Å². The smallest absolute Gasteiger partial charge is 0.0234 e. The van der Waals surface area contributed by atoms with Gasteiger partial charge in [0.15, 0.2) is 0 Å². The highest BCUT2D eigenvalue weighted by atomic mass is 127. The van der Waals surface area contributed by atoms with Gasteiger partial charge in [-0.25, -0.2) is 0 Å². The Morgan fingerprint density at radius 1 is 1.10 bits per heavy atom. The molecule has 1 saturated carbocycles. The Bertz CT molecular complexity index is 137. The highest BCUT2D eigenvalue weighted by Crippen LogP contribution is 2.22. The first-order valence-corrected chi connectivity index (χ1v) is 5.13. The summed E-state index contributed by atoms with van der Waals surface area (Å²) in [6, 6.07) is 0. The van der Waals surface area contributed by atoms with E-state index in [4.69, 9.17) is 0 Å². The van der Waals surface area contributed by atoms with Crippen LogP contribution in [0.1, 0.15) is 32.1 Å². The van der Waals surface area contributed by atoms with Gasteiger partial charge in [-0.15, -0.1) is 0 Å². The number of rotatable bonds is 1. The molecule has 0 aromatic heterocycles. The molecule has 1 fully saturated rings. The highest BCUT2D eigenvalue weighted by molar-refractivity contribution is 14.1. The van der Waals surface area contributed by atoms with Crippen molar-refractivity contribution in [2.45, 2.75) is 32.1 Å². The van der Waals surface area contributed by atoms with E-state index >= 15 is 0 Å². The standard InChI is InChI=1S/C9H13I/c10-8-4-7-9-5-2-1-3-6-9/h4,7-8H,1-3,5-6H2/b8-4+. The van der Waals surface area contributed by atoms with Gasteiger partial charge < -0.3 is 0 Å². The molecular formula is C9H13I. The Labute approximate surface area is 76.5 Å². The Balaban J connectivity index is 2.37. The van der Waals surface area contributed by atoms with Gasteiger partial charge in [0.25, 0.3) is 0 Å².